The molecule has 0 radical (unpaired) electrons. The van der Waals surface area contributed by atoms with Crippen LogP contribution in [-0.4, -0.2) is 9.97 Å². The molecule has 4 aliphatic carbocycles. The molecule has 1 aromatic heterocycles. The fourth-order valence-corrected chi connectivity index (χ4v) is 9.54. The van der Waals surface area contributed by atoms with Crippen LogP contribution in [0.25, 0.3) is 67.0 Å². The molecule has 7 aromatic rings. The Labute approximate surface area is 322 Å². The van der Waals surface area contributed by atoms with Crippen LogP contribution in [0.3, 0.4) is 0 Å². The summed E-state index contributed by atoms with van der Waals surface area (Å²) in [5, 5.41) is 0. The summed E-state index contributed by atoms with van der Waals surface area (Å²) in [6.07, 6.45) is 17.7. The third kappa shape index (κ3) is 4.95. The van der Waals surface area contributed by atoms with Crippen LogP contribution in [-0.2, 0) is 5.41 Å². The van der Waals surface area contributed by atoms with Gasteiger partial charge in [-0.3, -0.25) is 0 Å². The van der Waals surface area contributed by atoms with Crippen LogP contribution >= 0.6 is 0 Å². The van der Waals surface area contributed by atoms with Crippen molar-refractivity contribution in [1.82, 2.24) is 9.97 Å². The number of rotatable bonds is 5. The number of nitrogens with zero attached hydrogens (tertiary/aromatic N) is 2. The minimum Gasteiger partial charge on any atom is -0.228 e. The standard InChI is InChI=1S/C53H38N2/c1-3-15-36(16-4-1)49-34-50(37-17-5-2-6-18-37)55-52(54-49)38-31-29-35(30-32-38)39-19-13-20-40(33-39)41-24-14-28-48-51(41)44-23-9-12-27-47(44)53(48)45-25-10-7-21-42(45)43-22-8-11-26-46(43)53/h3,5,7-34H,1-2,4,6H2. The van der Waals surface area contributed by atoms with E-state index in [0.29, 0.717) is 0 Å². The molecule has 0 amide bonds. The first-order chi connectivity index (χ1) is 27.3. The summed E-state index contributed by atoms with van der Waals surface area (Å²) in [7, 11) is 0. The Morgan fingerprint density at radius 2 is 0.891 bits per heavy atom. The van der Waals surface area contributed by atoms with Gasteiger partial charge in [0.1, 0.15) is 0 Å². The molecular formula is C53H38N2. The van der Waals surface area contributed by atoms with Gasteiger partial charge >= 0.3 is 0 Å². The van der Waals surface area contributed by atoms with E-state index in [1.54, 1.807) is 0 Å². The lowest BCUT2D eigenvalue weighted by molar-refractivity contribution is 0.794. The number of fused-ring (bicyclic) bond motifs is 10. The van der Waals surface area contributed by atoms with Gasteiger partial charge in [-0.25, -0.2) is 9.97 Å². The van der Waals surface area contributed by atoms with E-state index in [1.165, 1.54) is 77.9 Å². The Morgan fingerprint density at radius 1 is 0.382 bits per heavy atom. The van der Waals surface area contributed by atoms with Gasteiger partial charge in [0.05, 0.1) is 16.8 Å². The summed E-state index contributed by atoms with van der Waals surface area (Å²) in [5.74, 6) is 0.759. The van der Waals surface area contributed by atoms with Crippen molar-refractivity contribution in [2.24, 2.45) is 0 Å². The van der Waals surface area contributed by atoms with Gasteiger partial charge in [-0.2, -0.15) is 0 Å². The Balaban J connectivity index is 1.00. The van der Waals surface area contributed by atoms with Crippen molar-refractivity contribution in [3.8, 4) is 55.9 Å². The molecule has 2 nitrogen and oxygen atoms in total. The number of allylic oxidation sites excluding steroid dienone is 8. The van der Waals surface area contributed by atoms with Crippen LogP contribution in [0, 0.1) is 0 Å². The number of aromatic nitrogens is 2. The molecule has 0 fully saturated rings. The second kappa shape index (κ2) is 12.7. The van der Waals surface area contributed by atoms with E-state index in [9.17, 15) is 0 Å². The summed E-state index contributed by atoms with van der Waals surface area (Å²) in [6.45, 7) is 0. The lowest BCUT2D eigenvalue weighted by Crippen LogP contribution is -2.25. The van der Waals surface area contributed by atoms with E-state index < -0.39 is 0 Å². The highest BCUT2D eigenvalue weighted by Crippen LogP contribution is 2.63. The summed E-state index contributed by atoms with van der Waals surface area (Å²) < 4.78 is 0. The van der Waals surface area contributed by atoms with E-state index in [1.807, 2.05) is 0 Å². The lowest BCUT2D eigenvalue weighted by atomic mass is 9.70. The van der Waals surface area contributed by atoms with Crippen LogP contribution in [0.1, 0.15) is 59.3 Å². The molecule has 0 N–H and O–H groups in total. The molecule has 260 valence electrons. The van der Waals surface area contributed by atoms with Gasteiger partial charge in [0.15, 0.2) is 5.82 Å². The number of hydrogen-bond donors (Lipinski definition) is 0. The van der Waals surface area contributed by atoms with Gasteiger partial charge in [-0.05, 0) is 116 Å². The molecule has 11 rings (SSSR count). The molecule has 55 heavy (non-hydrogen) atoms. The van der Waals surface area contributed by atoms with Crippen molar-refractivity contribution < 1.29 is 0 Å². The van der Waals surface area contributed by atoms with E-state index in [4.69, 9.17) is 9.97 Å². The number of benzene rings is 6. The zero-order chi connectivity index (χ0) is 36.3. The third-order valence-corrected chi connectivity index (χ3v) is 12.0. The molecule has 0 unspecified atom stereocenters. The third-order valence-electron chi connectivity index (χ3n) is 12.0. The van der Waals surface area contributed by atoms with Gasteiger partial charge in [-0.15, -0.1) is 0 Å². The Hall–Kier alpha value is -6.64. The monoisotopic (exact) mass is 702 g/mol. The maximum Gasteiger partial charge on any atom is 0.160 e. The van der Waals surface area contributed by atoms with Gasteiger partial charge in [0.2, 0.25) is 0 Å². The highest BCUT2D eigenvalue weighted by atomic mass is 14.9. The molecule has 1 heterocycles. The van der Waals surface area contributed by atoms with Crippen LogP contribution in [0.2, 0.25) is 0 Å². The molecule has 1 spiro atoms. The Kier molecular flexibility index (Phi) is 7.38. The largest absolute Gasteiger partial charge is 0.228 e. The second-order valence-corrected chi connectivity index (χ2v) is 15.0. The van der Waals surface area contributed by atoms with Crippen LogP contribution in [0.15, 0.2) is 182 Å². The van der Waals surface area contributed by atoms with E-state index in [2.05, 4.69) is 182 Å². The molecule has 0 atom stereocenters. The summed E-state index contributed by atoms with van der Waals surface area (Å²) in [4.78, 5) is 10.2. The fourth-order valence-electron chi connectivity index (χ4n) is 9.54. The zero-order valence-corrected chi connectivity index (χ0v) is 30.5. The lowest BCUT2D eigenvalue weighted by Gasteiger charge is -2.30. The maximum absolute atomic E-state index is 5.11. The zero-order valence-electron chi connectivity index (χ0n) is 30.5. The van der Waals surface area contributed by atoms with Crippen molar-refractivity contribution in [3.05, 3.63) is 216 Å². The van der Waals surface area contributed by atoms with Crippen LogP contribution < -0.4 is 0 Å². The molecule has 2 heteroatoms. The van der Waals surface area contributed by atoms with Crippen LogP contribution in [0.5, 0.6) is 0 Å². The highest BCUT2D eigenvalue weighted by Gasteiger charge is 2.51. The molecule has 0 saturated carbocycles. The molecule has 0 aliphatic heterocycles. The minimum absolute atomic E-state index is 0.352. The summed E-state index contributed by atoms with van der Waals surface area (Å²) >= 11 is 0. The van der Waals surface area contributed by atoms with Gasteiger partial charge < -0.3 is 0 Å². The predicted molar refractivity (Wildman–Crippen MR) is 227 cm³/mol. The molecule has 0 saturated heterocycles. The van der Waals surface area contributed by atoms with Crippen molar-refractivity contribution in [3.63, 3.8) is 0 Å². The predicted octanol–water partition coefficient (Wildman–Crippen LogP) is 13.3. The van der Waals surface area contributed by atoms with Crippen LogP contribution in [0.4, 0.5) is 0 Å². The molecular weight excluding hydrogens is 665 g/mol. The minimum atomic E-state index is -0.352. The van der Waals surface area contributed by atoms with Gasteiger partial charge in [0, 0.05) is 5.56 Å². The first kappa shape index (κ1) is 31.8. The fraction of sp³-hybridized carbons (Fsp3) is 0.0943. The van der Waals surface area contributed by atoms with E-state index in [0.717, 1.165) is 48.5 Å². The second-order valence-electron chi connectivity index (χ2n) is 15.0. The van der Waals surface area contributed by atoms with Crippen molar-refractivity contribution >= 4 is 11.1 Å². The Bertz CT molecular complexity index is 2710. The summed E-state index contributed by atoms with van der Waals surface area (Å²) in [5.41, 5.74) is 20.6. The normalized spacial score (nSPS) is 15.6. The Morgan fingerprint density at radius 3 is 1.51 bits per heavy atom. The SMILES string of the molecule is C1=CC(c2cc(C3=CCCC=C3)nc(-c3ccc(-c4cccc(-c5cccc6c5-c5ccccc5C65c6ccccc6-c6ccccc65)c4)cc3)n2)=CCC1. The maximum atomic E-state index is 5.11. The molecule has 6 aromatic carbocycles. The highest BCUT2D eigenvalue weighted by molar-refractivity contribution is 6.00. The molecule has 0 bridgehead atoms. The van der Waals surface area contributed by atoms with Gasteiger partial charge in [0.25, 0.3) is 0 Å². The van der Waals surface area contributed by atoms with Crippen molar-refractivity contribution in [1.29, 1.82) is 0 Å². The first-order valence-corrected chi connectivity index (χ1v) is 19.5. The van der Waals surface area contributed by atoms with Gasteiger partial charge in [-0.1, -0.05) is 170 Å². The average molecular weight is 703 g/mol. The van der Waals surface area contributed by atoms with E-state index >= 15 is 0 Å². The average Bonchev–Trinajstić information content (AvgIpc) is 3.75. The summed E-state index contributed by atoms with van der Waals surface area (Å²) in [6, 6.07) is 54.0. The first-order valence-electron chi connectivity index (χ1n) is 19.5. The van der Waals surface area contributed by atoms with E-state index in [-0.39, 0.29) is 5.41 Å². The van der Waals surface area contributed by atoms with Crippen molar-refractivity contribution in [2.45, 2.75) is 31.1 Å². The number of hydrogen-bond acceptors (Lipinski definition) is 2. The molecule has 4 aliphatic rings. The smallest absolute Gasteiger partial charge is 0.160 e. The topological polar surface area (TPSA) is 25.8 Å². The quantitative estimate of drug-likeness (QED) is 0.178. The van der Waals surface area contributed by atoms with Crippen molar-refractivity contribution in [2.75, 3.05) is 0 Å².